The van der Waals surface area contributed by atoms with Gasteiger partial charge < -0.3 is 14.2 Å². The van der Waals surface area contributed by atoms with E-state index in [2.05, 4.69) is 24.3 Å². The van der Waals surface area contributed by atoms with Gasteiger partial charge in [-0.15, -0.1) is 0 Å². The number of hydrogen-bond donors (Lipinski definition) is 0. The van der Waals surface area contributed by atoms with Crippen molar-refractivity contribution in [1.82, 2.24) is 0 Å². The third kappa shape index (κ3) is 6.93. The smallest absolute Gasteiger partial charge is 0.302 e. The standard InChI is InChI=1S/C23H34O4/c1-18(24)26-22(11-7-10-19-8-3-2-4-9-19)20-13-15-21(16-14-20)27-23-12-5-6-17-25-23/h2-4,8-9,20-23H,5-7,10-17H2,1H3. The lowest BCUT2D eigenvalue weighted by Crippen LogP contribution is -2.34. The summed E-state index contributed by atoms with van der Waals surface area (Å²) in [6.07, 6.45) is 11.0. The number of carbonyl (C=O) groups is 1. The molecule has 0 spiro atoms. The predicted molar refractivity (Wildman–Crippen MR) is 105 cm³/mol. The van der Waals surface area contributed by atoms with Crippen LogP contribution in [0.5, 0.6) is 0 Å². The number of carbonyl (C=O) groups excluding carboxylic acids is 1. The van der Waals surface area contributed by atoms with Crippen molar-refractivity contribution in [2.45, 2.75) is 89.6 Å². The van der Waals surface area contributed by atoms with Crippen LogP contribution in [0.1, 0.15) is 70.3 Å². The maximum absolute atomic E-state index is 11.6. The summed E-state index contributed by atoms with van der Waals surface area (Å²) in [6, 6.07) is 10.5. The van der Waals surface area contributed by atoms with E-state index in [0.29, 0.717) is 12.0 Å². The number of hydrogen-bond acceptors (Lipinski definition) is 4. The van der Waals surface area contributed by atoms with Crippen molar-refractivity contribution in [2.75, 3.05) is 6.61 Å². The largest absolute Gasteiger partial charge is 0.462 e. The van der Waals surface area contributed by atoms with Gasteiger partial charge in [-0.05, 0) is 75.7 Å². The van der Waals surface area contributed by atoms with Crippen molar-refractivity contribution in [1.29, 1.82) is 0 Å². The first-order valence-electron chi connectivity index (χ1n) is 10.7. The third-order valence-electron chi connectivity index (χ3n) is 5.84. The van der Waals surface area contributed by atoms with Crippen LogP contribution >= 0.6 is 0 Å². The first-order valence-corrected chi connectivity index (χ1v) is 10.7. The van der Waals surface area contributed by atoms with Crippen LogP contribution in [0.15, 0.2) is 30.3 Å². The van der Waals surface area contributed by atoms with Gasteiger partial charge in [0.1, 0.15) is 6.10 Å². The summed E-state index contributed by atoms with van der Waals surface area (Å²) in [7, 11) is 0. The first kappa shape index (κ1) is 20.3. The van der Waals surface area contributed by atoms with Gasteiger partial charge in [0.2, 0.25) is 0 Å². The molecule has 1 aromatic rings. The van der Waals surface area contributed by atoms with E-state index in [1.165, 1.54) is 18.9 Å². The van der Waals surface area contributed by atoms with E-state index in [9.17, 15) is 4.79 Å². The van der Waals surface area contributed by atoms with E-state index < -0.39 is 0 Å². The van der Waals surface area contributed by atoms with Crippen molar-refractivity contribution >= 4 is 5.97 Å². The lowest BCUT2D eigenvalue weighted by atomic mass is 9.82. The van der Waals surface area contributed by atoms with Crippen LogP contribution < -0.4 is 0 Å². The number of rotatable bonds is 8. The van der Waals surface area contributed by atoms with Crippen molar-refractivity contribution in [3.8, 4) is 0 Å². The Bertz CT molecular complexity index is 545. The van der Waals surface area contributed by atoms with Gasteiger partial charge in [-0.1, -0.05) is 30.3 Å². The molecule has 2 atom stereocenters. The Morgan fingerprint density at radius 2 is 1.89 bits per heavy atom. The third-order valence-corrected chi connectivity index (χ3v) is 5.84. The molecule has 1 aliphatic heterocycles. The van der Waals surface area contributed by atoms with E-state index in [1.54, 1.807) is 0 Å². The van der Waals surface area contributed by atoms with Gasteiger partial charge in [0.25, 0.3) is 0 Å². The average Bonchev–Trinajstić information content (AvgIpc) is 2.69. The molecule has 1 aromatic carbocycles. The number of benzene rings is 1. The van der Waals surface area contributed by atoms with E-state index >= 15 is 0 Å². The molecule has 2 unspecified atom stereocenters. The average molecular weight is 375 g/mol. The fraction of sp³-hybridized carbons (Fsp3) is 0.696. The Hall–Kier alpha value is -1.39. The Labute approximate surface area is 163 Å². The number of aryl methyl sites for hydroxylation is 1. The maximum Gasteiger partial charge on any atom is 0.302 e. The zero-order chi connectivity index (χ0) is 18.9. The normalized spacial score (nSPS) is 27.1. The van der Waals surface area contributed by atoms with Crippen molar-refractivity contribution < 1.29 is 19.0 Å². The highest BCUT2D eigenvalue weighted by molar-refractivity contribution is 5.66. The van der Waals surface area contributed by atoms with Crippen molar-refractivity contribution in [2.24, 2.45) is 5.92 Å². The number of ether oxygens (including phenoxy) is 3. The van der Waals surface area contributed by atoms with Crippen LogP contribution in [-0.2, 0) is 25.4 Å². The van der Waals surface area contributed by atoms with Crippen LogP contribution in [0.4, 0.5) is 0 Å². The van der Waals surface area contributed by atoms with Gasteiger partial charge in [-0.25, -0.2) is 0 Å². The van der Waals surface area contributed by atoms with Crippen LogP contribution in [0.2, 0.25) is 0 Å². The van der Waals surface area contributed by atoms with Gasteiger partial charge in [0.15, 0.2) is 6.29 Å². The van der Waals surface area contributed by atoms with Crippen LogP contribution in [-0.4, -0.2) is 31.1 Å². The molecule has 4 nitrogen and oxygen atoms in total. The molecule has 1 saturated carbocycles. The quantitative estimate of drug-likeness (QED) is 0.598. The van der Waals surface area contributed by atoms with Gasteiger partial charge in [0.05, 0.1) is 6.10 Å². The molecule has 2 aliphatic rings. The highest BCUT2D eigenvalue weighted by Gasteiger charge is 2.31. The summed E-state index contributed by atoms with van der Waals surface area (Å²) in [5.74, 6) is 0.297. The van der Waals surface area contributed by atoms with Crippen LogP contribution in [0.25, 0.3) is 0 Å². The zero-order valence-electron chi connectivity index (χ0n) is 16.6. The molecule has 2 fully saturated rings. The molecule has 0 aromatic heterocycles. The summed E-state index contributed by atoms with van der Waals surface area (Å²) in [4.78, 5) is 11.6. The van der Waals surface area contributed by atoms with E-state index in [4.69, 9.17) is 14.2 Å². The Morgan fingerprint density at radius 1 is 1.11 bits per heavy atom. The topological polar surface area (TPSA) is 44.8 Å². The lowest BCUT2D eigenvalue weighted by molar-refractivity contribution is -0.196. The molecule has 0 amide bonds. The second-order valence-corrected chi connectivity index (χ2v) is 7.99. The first-order chi connectivity index (χ1) is 13.2. The van der Waals surface area contributed by atoms with E-state index in [-0.39, 0.29) is 18.4 Å². The molecule has 27 heavy (non-hydrogen) atoms. The Kier molecular flexibility index (Phi) is 8.15. The summed E-state index contributed by atoms with van der Waals surface area (Å²) in [5.41, 5.74) is 1.35. The van der Waals surface area contributed by atoms with Crippen molar-refractivity contribution in [3.63, 3.8) is 0 Å². The van der Waals surface area contributed by atoms with Crippen LogP contribution in [0.3, 0.4) is 0 Å². The molecular formula is C23H34O4. The molecule has 1 heterocycles. The molecule has 4 heteroatoms. The van der Waals surface area contributed by atoms with E-state index in [0.717, 1.165) is 64.4 Å². The Balaban J connectivity index is 1.43. The predicted octanol–water partition coefficient (Wildman–Crippen LogP) is 5.04. The Morgan fingerprint density at radius 3 is 2.56 bits per heavy atom. The fourth-order valence-electron chi connectivity index (χ4n) is 4.39. The summed E-state index contributed by atoms with van der Waals surface area (Å²) in [5, 5.41) is 0. The minimum absolute atomic E-state index is 0.00422. The van der Waals surface area contributed by atoms with Gasteiger partial charge in [-0.3, -0.25) is 4.79 Å². The van der Waals surface area contributed by atoms with E-state index in [1.807, 2.05) is 6.07 Å². The molecule has 150 valence electrons. The minimum Gasteiger partial charge on any atom is -0.462 e. The summed E-state index contributed by atoms with van der Waals surface area (Å²) >= 11 is 0. The molecule has 3 rings (SSSR count). The summed E-state index contributed by atoms with van der Waals surface area (Å²) < 4.78 is 17.6. The van der Waals surface area contributed by atoms with Gasteiger partial charge in [0, 0.05) is 13.5 Å². The molecular weight excluding hydrogens is 340 g/mol. The van der Waals surface area contributed by atoms with Crippen LogP contribution in [0, 0.1) is 5.92 Å². The molecule has 0 bridgehead atoms. The SMILES string of the molecule is CC(=O)OC(CCCc1ccccc1)C1CCC(OC2CCCCO2)CC1. The molecule has 0 N–H and O–H groups in total. The van der Waals surface area contributed by atoms with Crippen molar-refractivity contribution in [3.05, 3.63) is 35.9 Å². The number of esters is 1. The monoisotopic (exact) mass is 374 g/mol. The highest BCUT2D eigenvalue weighted by atomic mass is 16.7. The minimum atomic E-state index is -0.159. The molecule has 1 saturated heterocycles. The summed E-state index contributed by atoms with van der Waals surface area (Å²) in [6.45, 7) is 2.36. The van der Waals surface area contributed by atoms with Gasteiger partial charge >= 0.3 is 5.97 Å². The second-order valence-electron chi connectivity index (χ2n) is 7.99. The second kappa shape index (κ2) is 10.8. The lowest BCUT2D eigenvalue weighted by Gasteiger charge is -2.35. The fourth-order valence-corrected chi connectivity index (χ4v) is 4.39. The molecule has 1 aliphatic carbocycles. The highest BCUT2D eigenvalue weighted by Crippen LogP contribution is 2.33. The zero-order valence-corrected chi connectivity index (χ0v) is 16.6. The van der Waals surface area contributed by atoms with Gasteiger partial charge in [-0.2, -0.15) is 0 Å². The molecule has 0 radical (unpaired) electrons. The maximum atomic E-state index is 11.6.